The van der Waals surface area contributed by atoms with Crippen LogP contribution in [0, 0.1) is 5.92 Å². The Morgan fingerprint density at radius 2 is 1.34 bits per heavy atom. The van der Waals surface area contributed by atoms with Crippen LogP contribution in [0.3, 0.4) is 0 Å². The fraction of sp³-hybridized carbons (Fsp3) is 0.958. The minimum absolute atomic E-state index is 0.0486. The Morgan fingerprint density at radius 1 is 0.812 bits per heavy atom. The molecule has 0 aliphatic carbocycles. The van der Waals surface area contributed by atoms with Gasteiger partial charge in [-0.2, -0.15) is 0 Å². The van der Waals surface area contributed by atoms with E-state index in [2.05, 4.69) is 12.2 Å². The molecule has 1 aliphatic rings. The molecule has 1 heterocycles. The van der Waals surface area contributed by atoms with Crippen LogP contribution in [0.15, 0.2) is 0 Å². The molecule has 32 heavy (non-hydrogen) atoms. The van der Waals surface area contributed by atoms with E-state index in [4.69, 9.17) is 4.74 Å². The van der Waals surface area contributed by atoms with E-state index in [-0.39, 0.29) is 18.9 Å². The third-order valence-corrected chi connectivity index (χ3v) is 6.43. The summed E-state index contributed by atoms with van der Waals surface area (Å²) in [4.78, 5) is 12.6. The number of aliphatic hydroxyl groups is 5. The summed E-state index contributed by atoms with van der Waals surface area (Å²) in [6.07, 6.45) is 8.19. The molecule has 1 amide bonds. The molecule has 1 rings (SSSR count). The number of amides is 1. The van der Waals surface area contributed by atoms with E-state index in [9.17, 15) is 30.3 Å². The molecular formula is C24H47NO7. The zero-order chi connectivity index (χ0) is 23.8. The predicted octanol–water partition coefficient (Wildman–Crippen LogP) is 1.64. The van der Waals surface area contributed by atoms with E-state index in [0.717, 1.165) is 19.3 Å². The number of aliphatic hydroxyl groups excluding tert-OH is 5. The van der Waals surface area contributed by atoms with Gasteiger partial charge in [0.2, 0.25) is 5.91 Å². The SMILES string of the molecule is CCCCCCCCCCCCCCNC(=O)C(CCO)C1O[C@H](CO)[C@H](O)[C@H](O)[C@H]1O. The molecule has 190 valence electrons. The van der Waals surface area contributed by atoms with Crippen molar-refractivity contribution >= 4 is 5.91 Å². The highest BCUT2D eigenvalue weighted by atomic mass is 16.5. The summed E-state index contributed by atoms with van der Waals surface area (Å²) in [7, 11) is 0. The quantitative estimate of drug-likeness (QED) is 0.171. The second-order valence-electron chi connectivity index (χ2n) is 9.09. The zero-order valence-electron chi connectivity index (χ0n) is 19.8. The molecule has 6 N–H and O–H groups in total. The summed E-state index contributed by atoms with van der Waals surface area (Å²) in [6.45, 7) is 1.90. The highest BCUT2D eigenvalue weighted by Crippen LogP contribution is 2.28. The van der Waals surface area contributed by atoms with E-state index in [1.54, 1.807) is 0 Å². The second kappa shape index (κ2) is 17.7. The van der Waals surface area contributed by atoms with Gasteiger partial charge in [-0.3, -0.25) is 4.79 Å². The van der Waals surface area contributed by atoms with Crippen molar-refractivity contribution in [2.45, 2.75) is 121 Å². The number of unbranched alkanes of at least 4 members (excludes halogenated alkanes) is 11. The Hall–Kier alpha value is -0.770. The lowest BCUT2D eigenvalue weighted by molar-refractivity contribution is -0.240. The fourth-order valence-electron chi connectivity index (χ4n) is 4.36. The van der Waals surface area contributed by atoms with E-state index in [1.165, 1.54) is 57.8 Å². The zero-order valence-corrected chi connectivity index (χ0v) is 19.8. The second-order valence-corrected chi connectivity index (χ2v) is 9.09. The average molecular weight is 462 g/mol. The number of hydrogen-bond acceptors (Lipinski definition) is 7. The van der Waals surface area contributed by atoms with Gasteiger partial charge in [-0.25, -0.2) is 0 Å². The van der Waals surface area contributed by atoms with Gasteiger partial charge in [-0.05, 0) is 12.8 Å². The summed E-state index contributed by atoms with van der Waals surface area (Å²) in [5.74, 6) is -1.25. The van der Waals surface area contributed by atoms with Gasteiger partial charge in [0.25, 0.3) is 0 Å². The highest BCUT2D eigenvalue weighted by Gasteiger charge is 2.47. The van der Waals surface area contributed by atoms with Crippen LogP contribution in [0.5, 0.6) is 0 Å². The maximum atomic E-state index is 12.6. The Labute approximate surface area is 193 Å². The lowest BCUT2D eigenvalue weighted by Crippen LogP contribution is -2.62. The molecule has 0 bridgehead atoms. The maximum Gasteiger partial charge on any atom is 0.225 e. The minimum atomic E-state index is -1.53. The molecule has 0 spiro atoms. The molecular weight excluding hydrogens is 414 g/mol. The molecule has 0 saturated carbocycles. The first-order valence-corrected chi connectivity index (χ1v) is 12.7. The van der Waals surface area contributed by atoms with Crippen LogP contribution in [-0.4, -0.2) is 81.7 Å². The first-order chi connectivity index (χ1) is 15.5. The van der Waals surface area contributed by atoms with Gasteiger partial charge in [-0.15, -0.1) is 0 Å². The van der Waals surface area contributed by atoms with E-state index < -0.39 is 43.0 Å². The summed E-state index contributed by atoms with van der Waals surface area (Å²) < 4.78 is 5.50. The number of hydrogen-bond donors (Lipinski definition) is 6. The predicted molar refractivity (Wildman–Crippen MR) is 123 cm³/mol. The Kier molecular flexibility index (Phi) is 16.2. The molecule has 0 aromatic heterocycles. The molecule has 8 nitrogen and oxygen atoms in total. The van der Waals surface area contributed by atoms with Crippen molar-refractivity contribution in [1.29, 1.82) is 0 Å². The van der Waals surface area contributed by atoms with Crippen molar-refractivity contribution in [3.8, 4) is 0 Å². The van der Waals surface area contributed by atoms with Gasteiger partial charge in [0.05, 0.1) is 18.6 Å². The number of rotatable bonds is 18. The Morgan fingerprint density at radius 3 is 1.84 bits per heavy atom. The molecule has 0 radical (unpaired) electrons. The first kappa shape index (κ1) is 29.3. The van der Waals surface area contributed by atoms with E-state index >= 15 is 0 Å². The third kappa shape index (κ3) is 10.4. The standard InChI is InChI=1S/C24H47NO7/c1-2-3-4-5-6-7-8-9-10-11-12-13-15-25-24(31)18(14-16-26)23-22(30)21(29)20(28)19(17-27)32-23/h18-23,26-30H,2-17H2,1H3,(H,25,31)/t18?,19-,20+,21+,22-,23?/m1/s1. The molecule has 1 saturated heterocycles. The minimum Gasteiger partial charge on any atom is -0.396 e. The van der Waals surface area contributed by atoms with Crippen LogP contribution in [0.1, 0.15) is 90.4 Å². The van der Waals surface area contributed by atoms with Crippen molar-refractivity contribution < 1.29 is 35.1 Å². The fourth-order valence-corrected chi connectivity index (χ4v) is 4.36. The number of carbonyl (C=O) groups excluding carboxylic acids is 1. The molecule has 6 atom stereocenters. The molecule has 0 aromatic rings. The van der Waals surface area contributed by atoms with Gasteiger partial charge in [0, 0.05) is 13.2 Å². The van der Waals surface area contributed by atoms with Crippen LogP contribution in [-0.2, 0) is 9.53 Å². The van der Waals surface area contributed by atoms with Crippen LogP contribution in [0.4, 0.5) is 0 Å². The van der Waals surface area contributed by atoms with Crippen LogP contribution < -0.4 is 5.32 Å². The van der Waals surface area contributed by atoms with Gasteiger partial charge >= 0.3 is 0 Å². The van der Waals surface area contributed by atoms with Crippen LogP contribution in [0.25, 0.3) is 0 Å². The summed E-state index contributed by atoms with van der Waals surface area (Å²) >= 11 is 0. The third-order valence-electron chi connectivity index (χ3n) is 6.43. The summed E-state index contributed by atoms with van der Waals surface area (Å²) in [5.41, 5.74) is 0. The van der Waals surface area contributed by atoms with Crippen molar-refractivity contribution in [2.24, 2.45) is 5.92 Å². The van der Waals surface area contributed by atoms with Gasteiger partial charge in [-0.1, -0.05) is 77.6 Å². The number of carbonyl (C=O) groups is 1. The first-order valence-electron chi connectivity index (χ1n) is 12.7. The maximum absolute atomic E-state index is 12.6. The Balaban J connectivity index is 2.24. The van der Waals surface area contributed by atoms with Crippen molar-refractivity contribution in [3.63, 3.8) is 0 Å². The summed E-state index contributed by atoms with van der Waals surface area (Å²) in [5, 5.41) is 51.7. The molecule has 1 fully saturated rings. The van der Waals surface area contributed by atoms with Crippen molar-refractivity contribution in [3.05, 3.63) is 0 Å². The van der Waals surface area contributed by atoms with Gasteiger partial charge < -0.3 is 35.6 Å². The lowest BCUT2D eigenvalue weighted by Gasteiger charge is -2.42. The number of ether oxygens (including phenoxy) is 1. The Bertz CT molecular complexity index is 477. The van der Waals surface area contributed by atoms with Crippen molar-refractivity contribution in [2.75, 3.05) is 19.8 Å². The molecule has 1 aliphatic heterocycles. The van der Waals surface area contributed by atoms with Gasteiger partial charge in [0.15, 0.2) is 0 Å². The number of nitrogens with one attached hydrogen (secondary N) is 1. The molecule has 2 unspecified atom stereocenters. The smallest absolute Gasteiger partial charge is 0.225 e. The largest absolute Gasteiger partial charge is 0.396 e. The van der Waals surface area contributed by atoms with Crippen molar-refractivity contribution in [1.82, 2.24) is 5.32 Å². The molecule has 0 aromatic carbocycles. The van der Waals surface area contributed by atoms with E-state index in [1.807, 2.05) is 0 Å². The van der Waals surface area contributed by atoms with E-state index in [0.29, 0.717) is 6.54 Å². The summed E-state index contributed by atoms with van der Waals surface area (Å²) in [6, 6.07) is 0. The van der Waals surface area contributed by atoms with Gasteiger partial charge in [0.1, 0.15) is 24.4 Å². The monoisotopic (exact) mass is 461 g/mol. The average Bonchev–Trinajstić information content (AvgIpc) is 2.79. The lowest BCUT2D eigenvalue weighted by atomic mass is 9.85. The van der Waals surface area contributed by atoms with Crippen LogP contribution in [0.2, 0.25) is 0 Å². The molecule has 8 heteroatoms. The topological polar surface area (TPSA) is 139 Å². The normalized spacial score (nSPS) is 26.8. The van der Waals surface area contributed by atoms with Crippen LogP contribution >= 0.6 is 0 Å². The highest BCUT2D eigenvalue weighted by molar-refractivity contribution is 5.79.